The summed E-state index contributed by atoms with van der Waals surface area (Å²) in [6.45, 7) is 0.654. The van der Waals surface area contributed by atoms with Crippen molar-refractivity contribution in [2.24, 2.45) is 0 Å². The van der Waals surface area contributed by atoms with E-state index in [1.54, 1.807) is 41.3 Å². The zero-order chi connectivity index (χ0) is 17.8. The summed E-state index contributed by atoms with van der Waals surface area (Å²) in [5, 5.41) is 3.02. The Hall–Kier alpha value is -2.66. The molecule has 3 rings (SSSR count). The van der Waals surface area contributed by atoms with Crippen LogP contribution in [-0.4, -0.2) is 18.4 Å². The monoisotopic (exact) mass is 358 g/mol. The number of rotatable bonds is 4. The zero-order valence-electron chi connectivity index (χ0n) is 13.3. The van der Waals surface area contributed by atoms with Crippen molar-refractivity contribution in [3.63, 3.8) is 0 Å². The van der Waals surface area contributed by atoms with Gasteiger partial charge in [0.2, 0.25) is 11.8 Å². The summed E-state index contributed by atoms with van der Waals surface area (Å²) >= 11 is 6.12. The van der Waals surface area contributed by atoms with Gasteiger partial charge in [0.15, 0.2) is 0 Å². The molecule has 2 aromatic rings. The molecule has 0 radical (unpaired) electrons. The van der Waals surface area contributed by atoms with E-state index in [4.69, 9.17) is 11.6 Å². The van der Waals surface area contributed by atoms with Gasteiger partial charge in [-0.05, 0) is 36.8 Å². The summed E-state index contributed by atoms with van der Waals surface area (Å²) in [5.74, 6) is -0.784. The average molecular weight is 359 g/mol. The molecule has 1 heterocycles. The Morgan fingerprint density at radius 1 is 1.24 bits per heavy atom. The second-order valence-corrected chi connectivity index (χ2v) is 6.06. The van der Waals surface area contributed by atoms with Crippen molar-refractivity contribution in [2.75, 3.05) is 16.8 Å². The minimum absolute atomic E-state index is 0.0547. The molecule has 2 amide bonds. The number of nitrogens with zero attached hydrogens (tertiary/aromatic N) is 1. The van der Waals surface area contributed by atoms with Gasteiger partial charge < -0.3 is 10.2 Å². The first-order valence-electron chi connectivity index (χ1n) is 7.88. The van der Waals surface area contributed by atoms with Gasteiger partial charge in [-0.2, -0.15) is 0 Å². The van der Waals surface area contributed by atoms with E-state index in [1.165, 1.54) is 18.2 Å². The molecule has 0 aromatic heterocycles. The Kier molecular flexibility index (Phi) is 5.14. The van der Waals surface area contributed by atoms with Gasteiger partial charge in [0.25, 0.3) is 0 Å². The number of hydrogen-bond donors (Lipinski definition) is 1. The molecule has 1 aliphatic heterocycles. The number of hydrogen-bond acceptors (Lipinski definition) is 2. The zero-order valence-corrected chi connectivity index (χ0v) is 14.1. The van der Waals surface area contributed by atoms with Gasteiger partial charge >= 0.3 is 0 Å². The van der Waals surface area contributed by atoms with E-state index in [2.05, 4.69) is 5.32 Å². The SMILES string of the molecule is O=C(/C=C/c1ccccc1F)Nc1cc(N2CCCC2=O)ccc1Cl. The summed E-state index contributed by atoms with van der Waals surface area (Å²) in [7, 11) is 0. The number of halogens is 2. The molecule has 0 bridgehead atoms. The molecule has 128 valence electrons. The molecule has 0 atom stereocenters. The fourth-order valence-electron chi connectivity index (χ4n) is 2.65. The first-order chi connectivity index (χ1) is 12.0. The number of nitrogens with one attached hydrogen (secondary N) is 1. The minimum Gasteiger partial charge on any atom is -0.321 e. The molecule has 1 fully saturated rings. The van der Waals surface area contributed by atoms with Crippen molar-refractivity contribution in [3.8, 4) is 0 Å². The Labute approximate surface area is 149 Å². The minimum atomic E-state index is -0.435. The van der Waals surface area contributed by atoms with Gasteiger partial charge in [-0.1, -0.05) is 29.8 Å². The summed E-state index contributed by atoms with van der Waals surface area (Å²) in [4.78, 5) is 25.6. The fraction of sp³-hybridized carbons (Fsp3) is 0.158. The largest absolute Gasteiger partial charge is 0.321 e. The van der Waals surface area contributed by atoms with E-state index in [-0.39, 0.29) is 5.91 Å². The molecule has 1 aliphatic rings. The lowest BCUT2D eigenvalue weighted by molar-refractivity contribution is -0.117. The van der Waals surface area contributed by atoms with E-state index in [1.807, 2.05) is 0 Å². The van der Waals surface area contributed by atoms with Crippen molar-refractivity contribution in [1.82, 2.24) is 0 Å². The third-order valence-electron chi connectivity index (χ3n) is 3.91. The van der Waals surface area contributed by atoms with Gasteiger partial charge in [-0.3, -0.25) is 9.59 Å². The van der Waals surface area contributed by atoms with Crippen LogP contribution in [0, 0.1) is 5.82 Å². The molecule has 6 heteroatoms. The van der Waals surface area contributed by atoms with Crippen LogP contribution < -0.4 is 10.2 Å². The summed E-state index contributed by atoms with van der Waals surface area (Å²) in [6, 6.07) is 11.2. The lowest BCUT2D eigenvalue weighted by Crippen LogP contribution is -2.23. The van der Waals surface area contributed by atoms with Crippen LogP contribution in [0.25, 0.3) is 6.08 Å². The van der Waals surface area contributed by atoms with Crippen molar-refractivity contribution in [2.45, 2.75) is 12.8 Å². The highest BCUT2D eigenvalue weighted by molar-refractivity contribution is 6.34. The predicted octanol–water partition coefficient (Wildman–Crippen LogP) is 4.26. The maximum atomic E-state index is 13.6. The molecule has 0 aliphatic carbocycles. The molecule has 0 saturated carbocycles. The lowest BCUT2D eigenvalue weighted by atomic mass is 10.2. The Bertz CT molecular complexity index is 851. The topological polar surface area (TPSA) is 49.4 Å². The maximum Gasteiger partial charge on any atom is 0.248 e. The number of carbonyl (C=O) groups is 2. The van der Waals surface area contributed by atoms with Crippen LogP contribution in [0.4, 0.5) is 15.8 Å². The summed E-state index contributed by atoms with van der Waals surface area (Å²) in [5.41, 5.74) is 1.42. The highest BCUT2D eigenvalue weighted by Gasteiger charge is 2.22. The molecule has 2 aromatic carbocycles. The molecule has 0 unspecified atom stereocenters. The molecule has 1 saturated heterocycles. The normalized spacial score (nSPS) is 14.3. The third kappa shape index (κ3) is 4.06. The number of amides is 2. The van der Waals surface area contributed by atoms with Crippen LogP contribution in [0.1, 0.15) is 18.4 Å². The van der Waals surface area contributed by atoms with Crippen molar-refractivity contribution in [1.29, 1.82) is 0 Å². The molecule has 0 spiro atoms. The Balaban J connectivity index is 1.74. The van der Waals surface area contributed by atoms with Crippen molar-refractivity contribution in [3.05, 3.63) is 64.9 Å². The van der Waals surface area contributed by atoms with Crippen LogP contribution >= 0.6 is 11.6 Å². The third-order valence-corrected chi connectivity index (χ3v) is 4.24. The van der Waals surface area contributed by atoms with Crippen LogP contribution in [0.15, 0.2) is 48.5 Å². The van der Waals surface area contributed by atoms with Crippen LogP contribution in [0.5, 0.6) is 0 Å². The molecular weight excluding hydrogens is 343 g/mol. The number of carbonyl (C=O) groups excluding carboxylic acids is 2. The second kappa shape index (κ2) is 7.49. The van der Waals surface area contributed by atoms with E-state index in [9.17, 15) is 14.0 Å². The van der Waals surface area contributed by atoms with Gasteiger partial charge in [0.1, 0.15) is 5.82 Å². The van der Waals surface area contributed by atoms with Crippen LogP contribution in [0.3, 0.4) is 0 Å². The molecular formula is C19H16ClFN2O2. The Morgan fingerprint density at radius 3 is 2.76 bits per heavy atom. The first-order valence-corrected chi connectivity index (χ1v) is 8.26. The predicted molar refractivity (Wildman–Crippen MR) is 97.1 cm³/mol. The van der Waals surface area contributed by atoms with E-state index in [0.717, 1.165) is 6.42 Å². The standard InChI is InChI=1S/C19H16ClFN2O2/c20-15-9-8-14(23-11-3-6-19(23)25)12-17(15)22-18(24)10-7-13-4-1-2-5-16(13)21/h1-2,4-5,7-10,12H,3,6,11H2,(H,22,24)/b10-7+. The smallest absolute Gasteiger partial charge is 0.248 e. The first kappa shape index (κ1) is 17.2. The van der Waals surface area contributed by atoms with Gasteiger partial charge in [-0.15, -0.1) is 0 Å². The maximum absolute atomic E-state index is 13.6. The van der Waals surface area contributed by atoms with E-state index >= 15 is 0 Å². The molecule has 4 nitrogen and oxygen atoms in total. The number of anilines is 2. The van der Waals surface area contributed by atoms with Gasteiger partial charge in [0.05, 0.1) is 10.7 Å². The summed E-state index contributed by atoms with van der Waals surface area (Å²) in [6.07, 6.45) is 3.97. The molecule has 1 N–H and O–H groups in total. The van der Waals surface area contributed by atoms with E-state index < -0.39 is 11.7 Å². The quantitative estimate of drug-likeness (QED) is 0.830. The highest BCUT2D eigenvalue weighted by Crippen LogP contribution is 2.30. The van der Waals surface area contributed by atoms with Gasteiger partial charge in [-0.25, -0.2) is 4.39 Å². The fourth-order valence-corrected chi connectivity index (χ4v) is 2.81. The highest BCUT2D eigenvalue weighted by atomic mass is 35.5. The Morgan fingerprint density at radius 2 is 2.04 bits per heavy atom. The second-order valence-electron chi connectivity index (χ2n) is 5.66. The lowest BCUT2D eigenvalue weighted by Gasteiger charge is -2.17. The number of benzene rings is 2. The molecule has 25 heavy (non-hydrogen) atoms. The average Bonchev–Trinajstić information content (AvgIpc) is 3.02. The van der Waals surface area contributed by atoms with E-state index in [0.29, 0.717) is 34.9 Å². The van der Waals surface area contributed by atoms with Crippen LogP contribution in [-0.2, 0) is 9.59 Å². The van der Waals surface area contributed by atoms with Crippen LogP contribution in [0.2, 0.25) is 5.02 Å². The van der Waals surface area contributed by atoms with Gasteiger partial charge in [0, 0.05) is 30.3 Å². The summed E-state index contributed by atoms with van der Waals surface area (Å²) < 4.78 is 13.6. The van der Waals surface area contributed by atoms with Crippen molar-refractivity contribution >= 4 is 40.9 Å². The van der Waals surface area contributed by atoms with Crippen molar-refractivity contribution < 1.29 is 14.0 Å².